The molecular formula is C19H23ClN2OS. The first kappa shape index (κ1) is 17.6. The summed E-state index contributed by atoms with van der Waals surface area (Å²) in [5, 5.41) is 11.1. The van der Waals surface area contributed by atoms with Crippen LogP contribution in [0.4, 0.5) is 5.69 Å². The minimum atomic E-state index is -0.338. The molecule has 0 amide bonds. The molecule has 1 atom stereocenters. The molecule has 1 aliphatic heterocycles. The Bertz CT molecular complexity index is 632. The summed E-state index contributed by atoms with van der Waals surface area (Å²) in [7, 11) is 0. The van der Waals surface area contributed by atoms with Gasteiger partial charge in [0.1, 0.15) is 0 Å². The number of thioether (sulfide) groups is 1. The number of hydrogen-bond acceptors (Lipinski definition) is 4. The van der Waals surface area contributed by atoms with Crippen LogP contribution in [0.3, 0.4) is 0 Å². The second-order valence-electron chi connectivity index (χ2n) is 6.02. The molecule has 0 unspecified atom stereocenters. The fourth-order valence-corrected chi connectivity index (χ4v) is 4.08. The molecule has 1 heterocycles. The Hall–Kier alpha value is -1.20. The second-order valence-corrected chi connectivity index (χ2v) is 7.49. The number of halogens is 1. The Morgan fingerprint density at radius 2 is 1.62 bits per heavy atom. The van der Waals surface area contributed by atoms with E-state index in [0.29, 0.717) is 5.75 Å². The number of para-hydroxylation sites is 1. The number of aliphatic hydroxyl groups is 1. The van der Waals surface area contributed by atoms with Crippen molar-refractivity contribution < 1.29 is 5.11 Å². The molecule has 1 saturated heterocycles. The molecule has 1 N–H and O–H groups in total. The van der Waals surface area contributed by atoms with Gasteiger partial charge in [-0.05, 0) is 24.3 Å². The lowest BCUT2D eigenvalue weighted by Crippen LogP contribution is -2.48. The third kappa shape index (κ3) is 4.90. The summed E-state index contributed by atoms with van der Waals surface area (Å²) < 4.78 is 0. The van der Waals surface area contributed by atoms with E-state index in [2.05, 4.69) is 34.1 Å². The van der Waals surface area contributed by atoms with Gasteiger partial charge in [0.25, 0.3) is 0 Å². The van der Waals surface area contributed by atoms with Crippen molar-refractivity contribution in [3.8, 4) is 0 Å². The molecule has 0 spiro atoms. The highest BCUT2D eigenvalue weighted by atomic mass is 35.5. The highest BCUT2D eigenvalue weighted by Gasteiger charge is 2.19. The molecule has 1 fully saturated rings. The fourth-order valence-electron chi connectivity index (χ4n) is 2.93. The topological polar surface area (TPSA) is 26.7 Å². The van der Waals surface area contributed by atoms with Crippen LogP contribution in [-0.2, 0) is 0 Å². The van der Waals surface area contributed by atoms with Gasteiger partial charge in [0.15, 0.2) is 0 Å². The molecule has 3 rings (SSSR count). The van der Waals surface area contributed by atoms with E-state index in [1.807, 2.05) is 30.3 Å². The lowest BCUT2D eigenvalue weighted by atomic mass is 10.2. The number of benzene rings is 2. The smallest absolute Gasteiger partial charge is 0.0760 e. The summed E-state index contributed by atoms with van der Waals surface area (Å²) in [5.41, 5.74) is 1.28. The molecule has 3 nitrogen and oxygen atoms in total. The van der Waals surface area contributed by atoms with Crippen LogP contribution in [0.15, 0.2) is 59.5 Å². The second kappa shape index (κ2) is 8.77. The number of aliphatic hydroxyl groups excluding tert-OH is 1. The first-order valence-electron chi connectivity index (χ1n) is 8.30. The van der Waals surface area contributed by atoms with Crippen LogP contribution in [0.2, 0.25) is 5.02 Å². The molecule has 0 aliphatic carbocycles. The van der Waals surface area contributed by atoms with E-state index in [1.54, 1.807) is 11.8 Å². The highest BCUT2D eigenvalue weighted by molar-refractivity contribution is 7.99. The maximum atomic E-state index is 10.3. The van der Waals surface area contributed by atoms with Gasteiger partial charge in [0.2, 0.25) is 0 Å². The first-order chi connectivity index (χ1) is 11.7. The van der Waals surface area contributed by atoms with Crippen molar-refractivity contribution in [1.29, 1.82) is 0 Å². The van der Waals surface area contributed by atoms with Gasteiger partial charge in [0, 0.05) is 49.1 Å². The van der Waals surface area contributed by atoms with Crippen LogP contribution >= 0.6 is 23.4 Å². The maximum Gasteiger partial charge on any atom is 0.0760 e. The lowest BCUT2D eigenvalue weighted by molar-refractivity contribution is 0.126. The zero-order chi connectivity index (χ0) is 16.8. The number of rotatable bonds is 6. The number of piperazine rings is 1. The van der Waals surface area contributed by atoms with E-state index in [-0.39, 0.29) is 6.10 Å². The minimum absolute atomic E-state index is 0.338. The van der Waals surface area contributed by atoms with Gasteiger partial charge in [-0.15, -0.1) is 11.8 Å². The lowest BCUT2D eigenvalue weighted by Gasteiger charge is -2.36. The van der Waals surface area contributed by atoms with Crippen molar-refractivity contribution in [1.82, 2.24) is 4.90 Å². The molecule has 0 saturated carbocycles. The van der Waals surface area contributed by atoms with Gasteiger partial charge in [-0.1, -0.05) is 41.9 Å². The summed E-state index contributed by atoms with van der Waals surface area (Å²) >= 11 is 7.78. The molecule has 24 heavy (non-hydrogen) atoms. The highest BCUT2D eigenvalue weighted by Crippen LogP contribution is 2.27. The van der Waals surface area contributed by atoms with Crippen molar-refractivity contribution in [2.75, 3.05) is 43.4 Å². The van der Waals surface area contributed by atoms with Gasteiger partial charge in [-0.3, -0.25) is 4.90 Å². The fraction of sp³-hybridized carbons (Fsp3) is 0.368. The van der Waals surface area contributed by atoms with Crippen LogP contribution in [0.25, 0.3) is 0 Å². The number of nitrogens with zero attached hydrogens (tertiary/aromatic N) is 2. The minimum Gasteiger partial charge on any atom is -0.391 e. The van der Waals surface area contributed by atoms with Gasteiger partial charge in [-0.2, -0.15) is 0 Å². The summed E-state index contributed by atoms with van der Waals surface area (Å²) in [4.78, 5) is 5.78. The third-order valence-electron chi connectivity index (χ3n) is 4.23. The molecule has 2 aromatic carbocycles. The number of hydrogen-bond donors (Lipinski definition) is 1. The molecule has 2 aromatic rings. The van der Waals surface area contributed by atoms with Crippen molar-refractivity contribution in [3.63, 3.8) is 0 Å². The predicted octanol–water partition coefficient (Wildman–Crippen LogP) is 3.62. The first-order valence-corrected chi connectivity index (χ1v) is 9.66. The quantitative estimate of drug-likeness (QED) is 0.794. The summed E-state index contributed by atoms with van der Waals surface area (Å²) in [5.74, 6) is 0.669. The number of β-amino-alcohol motifs (C(OH)–C–C–N with tert-alkyl or cyclic N) is 1. The van der Waals surface area contributed by atoms with Gasteiger partial charge >= 0.3 is 0 Å². The molecular weight excluding hydrogens is 340 g/mol. The largest absolute Gasteiger partial charge is 0.391 e. The van der Waals surface area contributed by atoms with Crippen molar-refractivity contribution in [2.45, 2.75) is 11.0 Å². The van der Waals surface area contributed by atoms with Crippen LogP contribution in [0, 0.1) is 0 Å². The standard InChI is InChI=1S/C19H23ClN2OS/c20-18-8-4-5-9-19(18)24-15-17(23)14-21-10-12-22(13-11-21)16-6-2-1-3-7-16/h1-9,17,23H,10-15H2/t17-/m1/s1. The predicted molar refractivity (Wildman–Crippen MR) is 103 cm³/mol. The third-order valence-corrected chi connectivity index (χ3v) is 5.89. The molecule has 1 aliphatic rings. The van der Waals surface area contributed by atoms with Crippen molar-refractivity contribution in [2.24, 2.45) is 0 Å². The zero-order valence-corrected chi connectivity index (χ0v) is 15.2. The van der Waals surface area contributed by atoms with E-state index >= 15 is 0 Å². The maximum absolute atomic E-state index is 10.3. The van der Waals surface area contributed by atoms with E-state index < -0.39 is 0 Å². The average Bonchev–Trinajstić information content (AvgIpc) is 2.62. The van der Waals surface area contributed by atoms with Crippen LogP contribution in [-0.4, -0.2) is 54.6 Å². The Balaban J connectivity index is 1.42. The Kier molecular flexibility index (Phi) is 6.44. The van der Waals surface area contributed by atoms with E-state index in [1.165, 1.54) is 5.69 Å². The Morgan fingerprint density at radius 3 is 2.33 bits per heavy atom. The molecule has 0 aromatic heterocycles. The Morgan fingerprint density at radius 1 is 0.958 bits per heavy atom. The molecule has 0 radical (unpaired) electrons. The summed E-state index contributed by atoms with van der Waals surface area (Å²) in [6.07, 6.45) is -0.338. The van der Waals surface area contributed by atoms with E-state index in [9.17, 15) is 5.11 Å². The SMILES string of the molecule is O[C@@H](CSc1ccccc1Cl)CN1CCN(c2ccccc2)CC1. The van der Waals surface area contributed by atoms with Crippen LogP contribution in [0.5, 0.6) is 0 Å². The summed E-state index contributed by atoms with van der Waals surface area (Å²) in [6.45, 7) is 4.72. The van der Waals surface area contributed by atoms with Crippen LogP contribution in [0.1, 0.15) is 0 Å². The van der Waals surface area contributed by atoms with Crippen molar-refractivity contribution in [3.05, 3.63) is 59.6 Å². The van der Waals surface area contributed by atoms with Gasteiger partial charge in [0.05, 0.1) is 11.1 Å². The number of anilines is 1. The van der Waals surface area contributed by atoms with Crippen molar-refractivity contribution >= 4 is 29.1 Å². The monoisotopic (exact) mass is 362 g/mol. The molecule has 0 bridgehead atoms. The van der Waals surface area contributed by atoms with Gasteiger partial charge in [-0.25, -0.2) is 0 Å². The van der Waals surface area contributed by atoms with E-state index in [4.69, 9.17) is 11.6 Å². The average molecular weight is 363 g/mol. The van der Waals surface area contributed by atoms with Gasteiger partial charge < -0.3 is 10.0 Å². The molecule has 128 valence electrons. The Labute approximate surface area is 153 Å². The molecule has 5 heteroatoms. The van der Waals surface area contributed by atoms with E-state index in [0.717, 1.165) is 42.6 Å². The zero-order valence-electron chi connectivity index (χ0n) is 13.6. The summed E-state index contributed by atoms with van der Waals surface area (Å²) in [6, 6.07) is 18.3. The van der Waals surface area contributed by atoms with Crippen LogP contribution < -0.4 is 4.90 Å². The normalized spacial score (nSPS) is 17.0.